The van der Waals surface area contributed by atoms with Crippen molar-refractivity contribution >= 4 is 52.1 Å². The van der Waals surface area contributed by atoms with Gasteiger partial charge in [0.1, 0.15) is 0 Å². The van der Waals surface area contributed by atoms with Crippen LogP contribution in [0.5, 0.6) is 0 Å². The van der Waals surface area contributed by atoms with Gasteiger partial charge in [0.15, 0.2) is 5.11 Å². The van der Waals surface area contributed by atoms with E-state index in [0.717, 1.165) is 30.0 Å². The lowest BCUT2D eigenvalue weighted by atomic mass is 10.1. The quantitative estimate of drug-likeness (QED) is 0.543. The minimum absolute atomic E-state index is 0.0723. The SMILES string of the molecule is O=C(NC(=S)Nc1ccc(N2CCN(C(=O)c3ccccc3)CC2)cc1)c1cccc(Cl)c1. The fourth-order valence-corrected chi connectivity index (χ4v) is 4.05. The van der Waals surface area contributed by atoms with Gasteiger partial charge in [-0.05, 0) is 66.8 Å². The number of rotatable bonds is 4. The molecule has 0 bridgehead atoms. The molecule has 0 atom stereocenters. The van der Waals surface area contributed by atoms with Gasteiger partial charge in [0.25, 0.3) is 11.8 Å². The lowest BCUT2D eigenvalue weighted by Gasteiger charge is -2.36. The Bertz CT molecular complexity index is 1150. The number of nitrogens with zero attached hydrogens (tertiary/aromatic N) is 2. The van der Waals surface area contributed by atoms with Crippen LogP contribution in [0.2, 0.25) is 5.02 Å². The van der Waals surface area contributed by atoms with E-state index < -0.39 is 0 Å². The van der Waals surface area contributed by atoms with E-state index in [4.69, 9.17) is 23.8 Å². The van der Waals surface area contributed by atoms with Gasteiger partial charge in [-0.2, -0.15) is 0 Å². The van der Waals surface area contributed by atoms with Crippen molar-refractivity contribution in [3.05, 3.63) is 95.0 Å². The molecule has 8 heteroatoms. The van der Waals surface area contributed by atoms with Crippen LogP contribution in [-0.2, 0) is 0 Å². The topological polar surface area (TPSA) is 64.7 Å². The molecule has 0 aromatic heterocycles. The zero-order chi connectivity index (χ0) is 23.2. The molecule has 1 fully saturated rings. The van der Waals surface area contributed by atoms with E-state index in [0.29, 0.717) is 23.7 Å². The lowest BCUT2D eigenvalue weighted by Crippen LogP contribution is -2.48. The number of anilines is 2. The highest BCUT2D eigenvalue weighted by Crippen LogP contribution is 2.20. The van der Waals surface area contributed by atoms with Crippen LogP contribution in [0.4, 0.5) is 11.4 Å². The summed E-state index contributed by atoms with van der Waals surface area (Å²) in [5.41, 5.74) is 3.00. The van der Waals surface area contributed by atoms with Gasteiger partial charge in [-0.25, -0.2) is 0 Å². The number of carbonyl (C=O) groups is 2. The number of amides is 2. The van der Waals surface area contributed by atoms with Crippen molar-refractivity contribution in [2.24, 2.45) is 0 Å². The summed E-state index contributed by atoms with van der Waals surface area (Å²) >= 11 is 11.2. The van der Waals surface area contributed by atoms with Crippen LogP contribution in [0.25, 0.3) is 0 Å². The normalized spacial score (nSPS) is 13.4. The summed E-state index contributed by atoms with van der Waals surface area (Å²) in [5, 5.41) is 6.37. The molecule has 1 aliphatic rings. The number of hydrogen-bond acceptors (Lipinski definition) is 4. The molecule has 2 N–H and O–H groups in total. The molecule has 0 spiro atoms. The standard InChI is InChI=1S/C25H23ClN4O2S/c26-20-8-4-7-19(17-20)23(31)28-25(33)27-21-9-11-22(12-10-21)29-13-15-30(16-14-29)24(32)18-5-2-1-3-6-18/h1-12,17H,13-16H2,(H2,27,28,31,33). The van der Waals surface area contributed by atoms with Crippen molar-refractivity contribution in [2.75, 3.05) is 36.4 Å². The third-order valence-corrected chi connectivity index (χ3v) is 5.83. The number of carbonyl (C=O) groups excluding carboxylic acids is 2. The minimum atomic E-state index is -0.324. The average Bonchev–Trinajstić information content (AvgIpc) is 2.84. The van der Waals surface area contributed by atoms with Crippen molar-refractivity contribution in [3.8, 4) is 0 Å². The van der Waals surface area contributed by atoms with Crippen molar-refractivity contribution in [3.63, 3.8) is 0 Å². The molecular formula is C25H23ClN4O2S. The summed E-state index contributed by atoms with van der Waals surface area (Å²) in [6.45, 7) is 2.87. The lowest BCUT2D eigenvalue weighted by molar-refractivity contribution is 0.0746. The Morgan fingerprint density at radius 3 is 2.15 bits per heavy atom. The van der Waals surface area contributed by atoms with Crippen molar-refractivity contribution in [1.82, 2.24) is 10.2 Å². The fourth-order valence-electron chi connectivity index (χ4n) is 3.65. The van der Waals surface area contributed by atoms with E-state index in [-0.39, 0.29) is 16.9 Å². The van der Waals surface area contributed by atoms with Crippen LogP contribution in [0.3, 0.4) is 0 Å². The first-order valence-corrected chi connectivity index (χ1v) is 11.4. The first-order valence-electron chi connectivity index (χ1n) is 10.6. The average molecular weight is 479 g/mol. The Labute approximate surface area is 203 Å². The van der Waals surface area contributed by atoms with Crippen molar-refractivity contribution < 1.29 is 9.59 Å². The van der Waals surface area contributed by atoms with Crippen molar-refractivity contribution in [1.29, 1.82) is 0 Å². The number of thiocarbonyl (C=S) groups is 1. The maximum absolute atomic E-state index is 12.6. The number of halogens is 1. The van der Waals surface area contributed by atoms with Gasteiger partial charge < -0.3 is 15.1 Å². The summed E-state index contributed by atoms with van der Waals surface area (Å²) in [5.74, 6) is -0.252. The maximum Gasteiger partial charge on any atom is 0.257 e. The van der Waals surface area contributed by atoms with Crippen LogP contribution >= 0.6 is 23.8 Å². The number of hydrogen-bond donors (Lipinski definition) is 2. The van der Waals surface area contributed by atoms with Crippen molar-refractivity contribution in [2.45, 2.75) is 0 Å². The van der Waals surface area contributed by atoms with Crippen LogP contribution in [0, 0.1) is 0 Å². The van der Waals surface area contributed by atoms with Gasteiger partial charge in [0, 0.05) is 53.7 Å². The van der Waals surface area contributed by atoms with Gasteiger partial charge in [0.05, 0.1) is 0 Å². The van der Waals surface area contributed by atoms with E-state index in [2.05, 4.69) is 15.5 Å². The van der Waals surface area contributed by atoms with Gasteiger partial charge in [-0.1, -0.05) is 35.9 Å². The second kappa shape index (κ2) is 10.5. The summed E-state index contributed by atoms with van der Waals surface area (Å²) in [4.78, 5) is 29.1. The monoisotopic (exact) mass is 478 g/mol. The molecule has 4 rings (SSSR count). The molecule has 3 aromatic carbocycles. The third-order valence-electron chi connectivity index (χ3n) is 5.39. The number of piperazine rings is 1. The molecule has 1 saturated heterocycles. The van der Waals surface area contributed by atoms with Crippen LogP contribution < -0.4 is 15.5 Å². The van der Waals surface area contributed by atoms with Crippen LogP contribution in [-0.4, -0.2) is 48.0 Å². The number of benzene rings is 3. The predicted molar refractivity (Wildman–Crippen MR) is 136 cm³/mol. The summed E-state index contributed by atoms with van der Waals surface area (Å²) < 4.78 is 0. The first kappa shape index (κ1) is 22.8. The molecule has 3 aromatic rings. The number of nitrogens with one attached hydrogen (secondary N) is 2. The van der Waals surface area contributed by atoms with Gasteiger partial charge >= 0.3 is 0 Å². The molecule has 168 valence electrons. The summed E-state index contributed by atoms with van der Waals surface area (Å²) in [7, 11) is 0. The van der Waals surface area contributed by atoms with E-state index in [1.165, 1.54) is 0 Å². The Balaban J connectivity index is 1.28. The molecule has 2 amide bonds. The molecule has 0 radical (unpaired) electrons. The molecule has 0 aliphatic carbocycles. The highest BCUT2D eigenvalue weighted by Gasteiger charge is 2.22. The summed E-state index contributed by atoms with van der Waals surface area (Å²) in [6, 6.07) is 23.9. The van der Waals surface area contributed by atoms with E-state index in [1.54, 1.807) is 24.3 Å². The molecule has 0 unspecified atom stereocenters. The Morgan fingerprint density at radius 2 is 1.48 bits per heavy atom. The molecule has 0 saturated carbocycles. The van der Waals surface area contributed by atoms with E-state index in [1.807, 2.05) is 59.5 Å². The summed E-state index contributed by atoms with van der Waals surface area (Å²) in [6.07, 6.45) is 0. The van der Waals surface area contributed by atoms with Crippen LogP contribution in [0.15, 0.2) is 78.9 Å². The van der Waals surface area contributed by atoms with E-state index in [9.17, 15) is 9.59 Å². The first-order chi connectivity index (χ1) is 16.0. The Morgan fingerprint density at radius 1 is 0.818 bits per heavy atom. The molecule has 1 aliphatic heterocycles. The highest BCUT2D eigenvalue weighted by atomic mass is 35.5. The molecule has 6 nitrogen and oxygen atoms in total. The zero-order valence-corrected chi connectivity index (χ0v) is 19.4. The minimum Gasteiger partial charge on any atom is -0.368 e. The molecule has 33 heavy (non-hydrogen) atoms. The smallest absolute Gasteiger partial charge is 0.257 e. The van der Waals surface area contributed by atoms with Gasteiger partial charge in [-0.15, -0.1) is 0 Å². The van der Waals surface area contributed by atoms with E-state index >= 15 is 0 Å². The fraction of sp³-hybridized carbons (Fsp3) is 0.160. The predicted octanol–water partition coefficient (Wildman–Crippen LogP) is 4.43. The van der Waals surface area contributed by atoms with Gasteiger partial charge in [0.2, 0.25) is 0 Å². The molecular weight excluding hydrogens is 456 g/mol. The second-order valence-corrected chi connectivity index (χ2v) is 8.46. The molecule has 1 heterocycles. The Hall–Kier alpha value is -3.42. The Kier molecular flexibility index (Phi) is 7.22. The van der Waals surface area contributed by atoms with Crippen LogP contribution in [0.1, 0.15) is 20.7 Å². The largest absolute Gasteiger partial charge is 0.368 e. The zero-order valence-electron chi connectivity index (χ0n) is 17.8. The highest BCUT2D eigenvalue weighted by molar-refractivity contribution is 7.80. The maximum atomic E-state index is 12.6. The second-order valence-electron chi connectivity index (χ2n) is 7.61. The van der Waals surface area contributed by atoms with Gasteiger partial charge in [-0.3, -0.25) is 14.9 Å². The third kappa shape index (κ3) is 5.88.